The van der Waals surface area contributed by atoms with Gasteiger partial charge in [-0.2, -0.15) is 0 Å². The van der Waals surface area contributed by atoms with E-state index in [9.17, 15) is 5.11 Å². The Balaban J connectivity index is 2.14. The molecule has 0 saturated carbocycles. The molecule has 0 aliphatic heterocycles. The van der Waals surface area contributed by atoms with Gasteiger partial charge >= 0.3 is 0 Å². The van der Waals surface area contributed by atoms with Gasteiger partial charge in [0.25, 0.3) is 0 Å². The van der Waals surface area contributed by atoms with Gasteiger partial charge in [-0.1, -0.05) is 36.4 Å². The van der Waals surface area contributed by atoms with Crippen LogP contribution in [0.15, 0.2) is 57.5 Å². The van der Waals surface area contributed by atoms with Crippen molar-refractivity contribution in [2.24, 2.45) is 0 Å². The zero-order valence-electron chi connectivity index (χ0n) is 9.11. The molecular formula is C14H12Br2O. The van der Waals surface area contributed by atoms with Crippen LogP contribution in [-0.4, -0.2) is 5.11 Å². The number of benzene rings is 2. The van der Waals surface area contributed by atoms with E-state index in [1.807, 2.05) is 48.5 Å². The zero-order chi connectivity index (χ0) is 12.3. The smallest absolute Gasteiger partial charge is 0.0830 e. The zero-order valence-corrected chi connectivity index (χ0v) is 12.3. The highest BCUT2D eigenvalue weighted by Gasteiger charge is 2.09. The Labute approximate surface area is 118 Å². The Morgan fingerprint density at radius 2 is 1.65 bits per heavy atom. The molecule has 0 saturated heterocycles. The Morgan fingerprint density at radius 1 is 0.941 bits per heavy atom. The quantitative estimate of drug-likeness (QED) is 0.860. The second-order valence-electron chi connectivity index (χ2n) is 3.88. The summed E-state index contributed by atoms with van der Waals surface area (Å²) in [5.41, 5.74) is 2.06. The van der Waals surface area contributed by atoms with Gasteiger partial charge < -0.3 is 5.11 Å². The lowest BCUT2D eigenvalue weighted by atomic mass is 10.0. The van der Waals surface area contributed by atoms with Crippen LogP contribution in [0, 0.1) is 0 Å². The minimum atomic E-state index is -0.471. The average Bonchev–Trinajstić information content (AvgIpc) is 2.34. The van der Waals surface area contributed by atoms with Gasteiger partial charge in [0.1, 0.15) is 0 Å². The lowest BCUT2D eigenvalue weighted by Gasteiger charge is -2.12. The van der Waals surface area contributed by atoms with E-state index in [-0.39, 0.29) is 0 Å². The van der Waals surface area contributed by atoms with Crippen LogP contribution in [-0.2, 0) is 6.42 Å². The van der Waals surface area contributed by atoms with Gasteiger partial charge in [-0.3, -0.25) is 0 Å². The molecule has 17 heavy (non-hydrogen) atoms. The van der Waals surface area contributed by atoms with E-state index < -0.39 is 6.10 Å². The summed E-state index contributed by atoms with van der Waals surface area (Å²) in [5, 5.41) is 10.2. The predicted molar refractivity (Wildman–Crippen MR) is 76.9 cm³/mol. The van der Waals surface area contributed by atoms with E-state index in [4.69, 9.17) is 0 Å². The first-order valence-corrected chi connectivity index (χ1v) is 6.92. The molecular weight excluding hydrogens is 344 g/mol. The van der Waals surface area contributed by atoms with Gasteiger partial charge in [-0.05, 0) is 55.1 Å². The van der Waals surface area contributed by atoms with Crippen LogP contribution in [0.1, 0.15) is 17.2 Å². The maximum Gasteiger partial charge on any atom is 0.0830 e. The van der Waals surface area contributed by atoms with Crippen LogP contribution < -0.4 is 0 Å². The van der Waals surface area contributed by atoms with Crippen molar-refractivity contribution in [3.05, 3.63) is 68.6 Å². The van der Waals surface area contributed by atoms with E-state index in [1.54, 1.807) is 0 Å². The molecule has 0 aliphatic rings. The fourth-order valence-corrected chi connectivity index (χ4v) is 2.32. The lowest BCUT2D eigenvalue weighted by molar-refractivity contribution is 0.178. The molecule has 0 amide bonds. The Hall–Kier alpha value is -0.640. The van der Waals surface area contributed by atoms with Crippen molar-refractivity contribution < 1.29 is 5.11 Å². The normalized spacial score (nSPS) is 12.4. The second kappa shape index (κ2) is 5.80. The number of hydrogen-bond donors (Lipinski definition) is 1. The van der Waals surface area contributed by atoms with Crippen molar-refractivity contribution in [2.45, 2.75) is 12.5 Å². The molecule has 0 fully saturated rings. The third kappa shape index (κ3) is 3.41. The van der Waals surface area contributed by atoms with E-state index in [0.717, 1.165) is 20.1 Å². The van der Waals surface area contributed by atoms with Crippen LogP contribution in [0.4, 0.5) is 0 Å². The predicted octanol–water partition coefficient (Wildman–Crippen LogP) is 4.49. The first-order chi connectivity index (χ1) is 8.16. The number of aliphatic hydroxyl groups excluding tert-OH is 1. The number of halogens is 2. The van der Waals surface area contributed by atoms with Gasteiger partial charge in [0.05, 0.1) is 6.10 Å². The molecule has 3 heteroatoms. The van der Waals surface area contributed by atoms with Gasteiger partial charge in [0, 0.05) is 15.4 Å². The molecule has 2 aromatic carbocycles. The van der Waals surface area contributed by atoms with E-state index in [1.165, 1.54) is 0 Å². The molecule has 0 bridgehead atoms. The summed E-state index contributed by atoms with van der Waals surface area (Å²) in [6.45, 7) is 0. The Bertz CT molecular complexity index is 497. The molecule has 1 nitrogen and oxygen atoms in total. The molecule has 2 rings (SSSR count). The molecule has 2 aromatic rings. The summed E-state index contributed by atoms with van der Waals surface area (Å²) >= 11 is 6.86. The summed E-state index contributed by atoms with van der Waals surface area (Å²) in [4.78, 5) is 0. The highest BCUT2D eigenvalue weighted by Crippen LogP contribution is 2.27. The highest BCUT2D eigenvalue weighted by molar-refractivity contribution is 9.13. The molecule has 0 aromatic heterocycles. The van der Waals surface area contributed by atoms with Crippen molar-refractivity contribution in [2.75, 3.05) is 0 Å². The fourth-order valence-electron chi connectivity index (χ4n) is 1.67. The van der Waals surface area contributed by atoms with Gasteiger partial charge in [0.2, 0.25) is 0 Å². The van der Waals surface area contributed by atoms with Crippen molar-refractivity contribution in [3.63, 3.8) is 0 Å². The molecule has 88 valence electrons. The molecule has 1 unspecified atom stereocenters. The lowest BCUT2D eigenvalue weighted by Crippen LogP contribution is -2.01. The fraction of sp³-hybridized carbons (Fsp3) is 0.143. The van der Waals surface area contributed by atoms with Crippen molar-refractivity contribution >= 4 is 31.9 Å². The maximum absolute atomic E-state index is 10.2. The standard InChI is InChI=1S/C14H12Br2O/c15-12-7-6-11(9-13(12)16)14(17)8-10-4-2-1-3-5-10/h1-7,9,14,17H,8H2. The van der Waals surface area contributed by atoms with Crippen molar-refractivity contribution in [1.82, 2.24) is 0 Å². The van der Waals surface area contributed by atoms with Crippen molar-refractivity contribution in [3.8, 4) is 0 Å². The van der Waals surface area contributed by atoms with Gasteiger partial charge in [0.15, 0.2) is 0 Å². The van der Waals surface area contributed by atoms with E-state index >= 15 is 0 Å². The monoisotopic (exact) mass is 354 g/mol. The summed E-state index contributed by atoms with van der Waals surface area (Å²) < 4.78 is 1.95. The largest absolute Gasteiger partial charge is 0.388 e. The molecule has 0 heterocycles. The minimum Gasteiger partial charge on any atom is -0.388 e. The Kier molecular flexibility index (Phi) is 4.37. The topological polar surface area (TPSA) is 20.2 Å². The van der Waals surface area contributed by atoms with E-state index in [2.05, 4.69) is 31.9 Å². The second-order valence-corrected chi connectivity index (χ2v) is 5.59. The third-order valence-electron chi connectivity index (χ3n) is 2.60. The van der Waals surface area contributed by atoms with Gasteiger partial charge in [-0.25, -0.2) is 0 Å². The summed E-state index contributed by atoms with van der Waals surface area (Å²) in [6.07, 6.45) is 0.163. The van der Waals surface area contributed by atoms with Crippen LogP contribution in [0.2, 0.25) is 0 Å². The van der Waals surface area contributed by atoms with Crippen LogP contribution in [0.5, 0.6) is 0 Å². The maximum atomic E-state index is 10.2. The summed E-state index contributed by atoms with van der Waals surface area (Å²) in [5.74, 6) is 0. The molecule has 0 aliphatic carbocycles. The summed E-state index contributed by atoms with van der Waals surface area (Å²) in [6, 6.07) is 15.8. The number of hydrogen-bond acceptors (Lipinski definition) is 1. The third-order valence-corrected chi connectivity index (χ3v) is 4.48. The molecule has 1 N–H and O–H groups in total. The van der Waals surface area contributed by atoms with E-state index in [0.29, 0.717) is 6.42 Å². The number of rotatable bonds is 3. The first-order valence-electron chi connectivity index (χ1n) is 5.34. The van der Waals surface area contributed by atoms with Gasteiger partial charge in [-0.15, -0.1) is 0 Å². The summed E-state index contributed by atoms with van der Waals surface area (Å²) in [7, 11) is 0. The number of aliphatic hydroxyl groups is 1. The molecule has 1 atom stereocenters. The minimum absolute atomic E-state index is 0.471. The highest BCUT2D eigenvalue weighted by atomic mass is 79.9. The van der Waals surface area contributed by atoms with Crippen LogP contribution in [0.25, 0.3) is 0 Å². The van der Waals surface area contributed by atoms with Crippen LogP contribution >= 0.6 is 31.9 Å². The first kappa shape index (κ1) is 12.8. The SMILES string of the molecule is OC(Cc1ccccc1)c1ccc(Br)c(Br)c1. The average molecular weight is 356 g/mol. The molecule has 0 spiro atoms. The molecule has 0 radical (unpaired) electrons. The Morgan fingerprint density at radius 3 is 2.29 bits per heavy atom. The van der Waals surface area contributed by atoms with Crippen LogP contribution in [0.3, 0.4) is 0 Å². The van der Waals surface area contributed by atoms with Crippen molar-refractivity contribution in [1.29, 1.82) is 0 Å².